The van der Waals surface area contributed by atoms with Crippen molar-refractivity contribution in [3.05, 3.63) is 15.9 Å². The molecule has 2 heterocycles. The van der Waals surface area contributed by atoms with Gasteiger partial charge in [0.2, 0.25) is 5.16 Å². The van der Waals surface area contributed by atoms with Crippen molar-refractivity contribution in [2.75, 3.05) is 0 Å². The number of hydrogen-bond acceptors (Lipinski definition) is 5. The van der Waals surface area contributed by atoms with Crippen LogP contribution in [0.5, 0.6) is 0 Å². The summed E-state index contributed by atoms with van der Waals surface area (Å²) >= 11 is 5.27. The predicted octanol–water partition coefficient (Wildman–Crippen LogP) is 2.88. The fourth-order valence-corrected chi connectivity index (χ4v) is 4.30. The summed E-state index contributed by atoms with van der Waals surface area (Å²) in [4.78, 5) is 0. The molecular formula is C12H17BrN6S. The van der Waals surface area contributed by atoms with Crippen molar-refractivity contribution < 1.29 is 0 Å². The fraction of sp³-hybridized carbons (Fsp3) is 0.667. The van der Waals surface area contributed by atoms with Crippen molar-refractivity contribution in [3.8, 4) is 0 Å². The molecule has 3 rings (SSSR count). The molecule has 0 saturated heterocycles. The Labute approximate surface area is 130 Å². The number of nitrogens with zero attached hydrogens (tertiary/aromatic N) is 6. The maximum atomic E-state index is 4.41. The van der Waals surface area contributed by atoms with Crippen molar-refractivity contribution in [2.24, 2.45) is 7.05 Å². The number of hydrogen-bond donors (Lipinski definition) is 0. The Morgan fingerprint density at radius 3 is 2.75 bits per heavy atom. The minimum Gasteiger partial charge on any atom is -0.270 e. The second kappa shape index (κ2) is 5.85. The van der Waals surface area contributed by atoms with Crippen molar-refractivity contribution in [1.29, 1.82) is 0 Å². The molecule has 1 aliphatic rings. The molecule has 1 aliphatic carbocycles. The van der Waals surface area contributed by atoms with Crippen LogP contribution < -0.4 is 0 Å². The van der Waals surface area contributed by atoms with E-state index in [1.165, 1.54) is 25.7 Å². The average Bonchev–Trinajstić information content (AvgIpc) is 3.11. The maximum absolute atomic E-state index is 4.41. The molecule has 1 saturated carbocycles. The molecule has 0 atom stereocenters. The molecule has 0 amide bonds. The van der Waals surface area contributed by atoms with Gasteiger partial charge in [-0.2, -0.15) is 5.10 Å². The van der Waals surface area contributed by atoms with Gasteiger partial charge in [-0.15, -0.1) is 5.10 Å². The van der Waals surface area contributed by atoms with Gasteiger partial charge in [-0.05, 0) is 46.1 Å². The summed E-state index contributed by atoms with van der Waals surface area (Å²) in [6.07, 6.45) is 4.93. The quantitative estimate of drug-likeness (QED) is 0.788. The summed E-state index contributed by atoms with van der Waals surface area (Å²) in [6.45, 7) is 2.00. The Hall–Kier alpha value is -0.890. The Balaban J connectivity index is 1.74. The van der Waals surface area contributed by atoms with Crippen molar-refractivity contribution in [1.82, 2.24) is 30.0 Å². The van der Waals surface area contributed by atoms with Gasteiger partial charge in [0.15, 0.2) is 0 Å². The van der Waals surface area contributed by atoms with Gasteiger partial charge in [0, 0.05) is 12.8 Å². The second-order valence-electron chi connectivity index (χ2n) is 5.10. The van der Waals surface area contributed by atoms with E-state index in [0.29, 0.717) is 6.04 Å². The Morgan fingerprint density at radius 1 is 1.35 bits per heavy atom. The van der Waals surface area contributed by atoms with Crippen LogP contribution in [0.1, 0.15) is 43.1 Å². The zero-order valence-corrected chi connectivity index (χ0v) is 14.0. The van der Waals surface area contributed by atoms with E-state index in [4.69, 9.17) is 0 Å². The summed E-state index contributed by atoms with van der Waals surface area (Å²) in [5, 5.41) is 17.5. The fourth-order valence-electron chi connectivity index (χ4n) is 2.63. The summed E-state index contributed by atoms with van der Waals surface area (Å²) in [7, 11) is 1.97. The zero-order chi connectivity index (χ0) is 14.1. The van der Waals surface area contributed by atoms with Crippen LogP contribution in [0, 0.1) is 6.92 Å². The molecule has 6 nitrogen and oxygen atoms in total. The number of aryl methyl sites for hydroxylation is 2. The van der Waals surface area contributed by atoms with Crippen molar-refractivity contribution in [3.63, 3.8) is 0 Å². The smallest absolute Gasteiger partial charge is 0.209 e. The third-order valence-corrected chi connectivity index (χ3v) is 5.71. The molecular weight excluding hydrogens is 340 g/mol. The van der Waals surface area contributed by atoms with E-state index in [2.05, 4.69) is 36.6 Å². The molecule has 8 heteroatoms. The van der Waals surface area contributed by atoms with Gasteiger partial charge in [0.1, 0.15) is 0 Å². The summed E-state index contributed by atoms with van der Waals surface area (Å²) < 4.78 is 4.98. The Morgan fingerprint density at radius 2 is 2.10 bits per heavy atom. The first-order valence-electron chi connectivity index (χ1n) is 6.75. The highest BCUT2D eigenvalue weighted by molar-refractivity contribution is 9.10. The molecule has 20 heavy (non-hydrogen) atoms. The summed E-state index contributed by atoms with van der Waals surface area (Å²) in [6, 6.07) is 0.476. The normalized spacial score (nSPS) is 16.1. The number of aromatic nitrogens is 6. The molecule has 2 aromatic rings. The van der Waals surface area contributed by atoms with Gasteiger partial charge < -0.3 is 0 Å². The van der Waals surface area contributed by atoms with Gasteiger partial charge >= 0.3 is 0 Å². The summed E-state index contributed by atoms with van der Waals surface area (Å²) in [5.41, 5.74) is 2.17. The lowest BCUT2D eigenvalue weighted by atomic mass is 10.3. The maximum Gasteiger partial charge on any atom is 0.209 e. The Bertz CT molecular complexity index is 601. The van der Waals surface area contributed by atoms with Crippen molar-refractivity contribution in [2.45, 2.75) is 49.6 Å². The molecule has 0 spiro atoms. The third-order valence-electron chi connectivity index (χ3n) is 3.73. The number of tetrazole rings is 1. The number of halogens is 1. The monoisotopic (exact) mass is 356 g/mol. The van der Waals surface area contributed by atoms with Crippen LogP contribution in [0.3, 0.4) is 0 Å². The molecule has 2 aromatic heterocycles. The van der Waals surface area contributed by atoms with E-state index in [-0.39, 0.29) is 0 Å². The zero-order valence-electron chi connectivity index (χ0n) is 11.6. The van der Waals surface area contributed by atoms with Crippen LogP contribution in [0.25, 0.3) is 0 Å². The van der Waals surface area contributed by atoms with Gasteiger partial charge in [0.05, 0.1) is 21.9 Å². The molecule has 0 bridgehead atoms. The van der Waals surface area contributed by atoms with Crippen LogP contribution in [0.15, 0.2) is 9.63 Å². The molecule has 0 aromatic carbocycles. The lowest BCUT2D eigenvalue weighted by Crippen LogP contribution is -2.08. The van der Waals surface area contributed by atoms with Gasteiger partial charge in [-0.3, -0.25) is 4.68 Å². The lowest BCUT2D eigenvalue weighted by Gasteiger charge is -2.10. The highest BCUT2D eigenvalue weighted by Gasteiger charge is 2.22. The van der Waals surface area contributed by atoms with E-state index in [9.17, 15) is 0 Å². The molecule has 108 valence electrons. The minimum atomic E-state index is 0.476. The third kappa shape index (κ3) is 2.63. The van der Waals surface area contributed by atoms with Crippen molar-refractivity contribution >= 4 is 27.7 Å². The summed E-state index contributed by atoms with van der Waals surface area (Å²) in [5.74, 6) is 0.811. The second-order valence-corrected chi connectivity index (χ2v) is 6.84. The number of rotatable bonds is 4. The predicted molar refractivity (Wildman–Crippen MR) is 80.5 cm³/mol. The first-order valence-corrected chi connectivity index (χ1v) is 8.53. The highest BCUT2D eigenvalue weighted by Crippen LogP contribution is 2.33. The standard InChI is InChI=1S/C12H17BrN6S/c1-8-11(13)10(18(2)15-8)7-20-12-14-16-17-19(12)9-5-3-4-6-9/h9H,3-7H2,1-2H3. The van der Waals surface area contributed by atoms with Crippen LogP contribution in [-0.4, -0.2) is 30.0 Å². The molecule has 1 fully saturated rings. The molecule has 0 radical (unpaired) electrons. The van der Waals surface area contributed by atoms with Crippen LogP contribution in [-0.2, 0) is 12.8 Å². The van der Waals surface area contributed by atoms with E-state index in [1.807, 2.05) is 23.3 Å². The lowest BCUT2D eigenvalue weighted by molar-refractivity contribution is 0.423. The van der Waals surface area contributed by atoms with Gasteiger partial charge in [0.25, 0.3) is 0 Å². The topological polar surface area (TPSA) is 61.4 Å². The molecule has 0 N–H and O–H groups in total. The number of thioether (sulfide) groups is 1. The van der Waals surface area contributed by atoms with E-state index in [0.717, 1.165) is 26.8 Å². The van der Waals surface area contributed by atoms with Gasteiger partial charge in [-0.25, -0.2) is 4.68 Å². The largest absolute Gasteiger partial charge is 0.270 e. The first kappa shape index (κ1) is 14.1. The SMILES string of the molecule is Cc1nn(C)c(CSc2nnnn2C2CCCC2)c1Br. The molecule has 0 aliphatic heterocycles. The van der Waals surface area contributed by atoms with E-state index >= 15 is 0 Å². The molecule has 0 unspecified atom stereocenters. The highest BCUT2D eigenvalue weighted by atomic mass is 79.9. The van der Waals surface area contributed by atoms with E-state index in [1.54, 1.807) is 11.8 Å². The van der Waals surface area contributed by atoms with Crippen LogP contribution in [0.2, 0.25) is 0 Å². The average molecular weight is 357 g/mol. The Kier molecular flexibility index (Phi) is 4.11. The van der Waals surface area contributed by atoms with Crippen LogP contribution >= 0.6 is 27.7 Å². The minimum absolute atomic E-state index is 0.476. The first-order chi connectivity index (χ1) is 9.66. The van der Waals surface area contributed by atoms with E-state index < -0.39 is 0 Å². The van der Waals surface area contributed by atoms with Crippen LogP contribution in [0.4, 0.5) is 0 Å². The van der Waals surface area contributed by atoms with Gasteiger partial charge in [-0.1, -0.05) is 24.6 Å².